The van der Waals surface area contributed by atoms with E-state index in [0.717, 1.165) is 23.4 Å². The van der Waals surface area contributed by atoms with Gasteiger partial charge in [0.25, 0.3) is 0 Å². The van der Waals surface area contributed by atoms with E-state index in [9.17, 15) is 4.39 Å². The topological polar surface area (TPSA) is 63.8 Å². The first-order chi connectivity index (χ1) is 10.1. The highest BCUT2D eigenvalue weighted by Crippen LogP contribution is 2.25. The maximum Gasteiger partial charge on any atom is 0.145 e. The maximum absolute atomic E-state index is 14.0. The van der Waals surface area contributed by atoms with Crippen LogP contribution in [0.25, 0.3) is 0 Å². The highest BCUT2D eigenvalue weighted by atomic mass is 35.5. The van der Waals surface area contributed by atoms with Gasteiger partial charge >= 0.3 is 0 Å². The zero-order chi connectivity index (χ0) is 15.4. The molecule has 0 saturated carbocycles. The molecule has 1 heterocycles. The predicted octanol–water partition coefficient (Wildman–Crippen LogP) is 2.89. The normalized spacial score (nSPS) is 12.4. The summed E-state index contributed by atoms with van der Waals surface area (Å²) in [5, 5.41) is 8.35. The predicted molar refractivity (Wildman–Crippen MR) is 81.3 cm³/mol. The van der Waals surface area contributed by atoms with Gasteiger partial charge in [0, 0.05) is 0 Å². The van der Waals surface area contributed by atoms with E-state index >= 15 is 0 Å². The molecule has 3 N–H and O–H groups in total. The summed E-state index contributed by atoms with van der Waals surface area (Å²) in [7, 11) is 0. The Bertz CT molecular complexity index is 633. The van der Waals surface area contributed by atoms with E-state index < -0.39 is 5.82 Å². The average molecular weight is 309 g/mol. The Morgan fingerprint density at radius 3 is 2.81 bits per heavy atom. The highest BCUT2D eigenvalue weighted by molar-refractivity contribution is 6.30. The van der Waals surface area contributed by atoms with Gasteiger partial charge in [-0.3, -0.25) is 11.3 Å². The first-order valence-corrected chi connectivity index (χ1v) is 7.16. The van der Waals surface area contributed by atoms with Crippen molar-refractivity contribution < 1.29 is 4.39 Å². The molecule has 0 aliphatic carbocycles. The Morgan fingerprint density at radius 1 is 1.38 bits per heavy atom. The number of rotatable bonds is 5. The van der Waals surface area contributed by atoms with Gasteiger partial charge in [0.1, 0.15) is 5.82 Å². The largest absolute Gasteiger partial charge is 0.271 e. The monoisotopic (exact) mass is 308 g/mol. The fraction of sp³-hybridized carbons (Fsp3) is 0.333. The number of nitrogens with one attached hydrogen (secondary N) is 1. The summed E-state index contributed by atoms with van der Waals surface area (Å²) in [6.45, 7) is 3.86. The second-order valence-corrected chi connectivity index (χ2v) is 5.28. The lowest BCUT2D eigenvalue weighted by Gasteiger charge is -2.19. The Balaban J connectivity index is 2.36. The number of aryl methyl sites for hydroxylation is 2. The zero-order valence-corrected chi connectivity index (χ0v) is 12.8. The second kappa shape index (κ2) is 6.93. The lowest BCUT2D eigenvalue weighted by atomic mass is 9.97. The van der Waals surface area contributed by atoms with E-state index in [4.69, 9.17) is 17.4 Å². The standard InChI is InChI=1S/C15H18ClFN4/c1-3-13-11(7-9(2)20-21-13)14(19-18)8-10-5-4-6-12(16)15(10)17/h4-7,14,19H,3,8,18H2,1-2H3. The molecule has 21 heavy (non-hydrogen) atoms. The Labute approximate surface area is 128 Å². The van der Waals surface area contributed by atoms with Gasteiger partial charge in [-0.1, -0.05) is 30.7 Å². The second-order valence-electron chi connectivity index (χ2n) is 4.88. The van der Waals surface area contributed by atoms with Gasteiger partial charge in [0.05, 0.1) is 22.5 Å². The SMILES string of the molecule is CCc1nnc(C)cc1C(Cc1cccc(Cl)c1F)NN. The third-order valence-corrected chi connectivity index (χ3v) is 3.69. The molecular weight excluding hydrogens is 291 g/mol. The molecule has 0 amide bonds. The van der Waals surface area contributed by atoms with E-state index in [2.05, 4.69) is 15.6 Å². The molecule has 1 unspecified atom stereocenters. The third kappa shape index (κ3) is 3.56. The van der Waals surface area contributed by atoms with Crippen molar-refractivity contribution in [1.82, 2.24) is 15.6 Å². The van der Waals surface area contributed by atoms with Gasteiger partial charge in [0.15, 0.2) is 0 Å². The van der Waals surface area contributed by atoms with Crippen LogP contribution in [0.3, 0.4) is 0 Å². The first-order valence-electron chi connectivity index (χ1n) is 6.79. The fourth-order valence-corrected chi connectivity index (χ4v) is 2.49. The van der Waals surface area contributed by atoms with E-state index in [1.807, 2.05) is 19.9 Å². The molecule has 112 valence electrons. The van der Waals surface area contributed by atoms with Crippen molar-refractivity contribution in [1.29, 1.82) is 0 Å². The van der Waals surface area contributed by atoms with E-state index in [0.29, 0.717) is 12.0 Å². The summed E-state index contributed by atoms with van der Waals surface area (Å²) >= 11 is 5.82. The Hall–Kier alpha value is -1.56. The number of hydrazine groups is 1. The van der Waals surface area contributed by atoms with Crippen molar-refractivity contribution in [2.45, 2.75) is 32.7 Å². The van der Waals surface area contributed by atoms with Crippen LogP contribution in [-0.4, -0.2) is 10.2 Å². The third-order valence-electron chi connectivity index (χ3n) is 3.39. The van der Waals surface area contributed by atoms with Crippen molar-refractivity contribution in [2.75, 3.05) is 0 Å². The van der Waals surface area contributed by atoms with Crippen LogP contribution in [0.2, 0.25) is 5.02 Å². The molecule has 0 bridgehead atoms. The summed E-state index contributed by atoms with van der Waals surface area (Å²) in [5.41, 5.74) is 5.84. The van der Waals surface area contributed by atoms with Gasteiger partial charge in [-0.2, -0.15) is 10.2 Å². The van der Waals surface area contributed by atoms with Crippen molar-refractivity contribution in [3.8, 4) is 0 Å². The van der Waals surface area contributed by atoms with E-state index in [-0.39, 0.29) is 11.1 Å². The number of hydrogen-bond donors (Lipinski definition) is 2. The minimum atomic E-state index is -0.406. The van der Waals surface area contributed by atoms with E-state index in [1.165, 1.54) is 6.07 Å². The molecular formula is C15H18ClFN4. The van der Waals surface area contributed by atoms with Crippen LogP contribution in [-0.2, 0) is 12.8 Å². The molecule has 6 heteroatoms. The van der Waals surface area contributed by atoms with Gasteiger partial charge in [-0.25, -0.2) is 4.39 Å². The summed E-state index contributed by atoms with van der Waals surface area (Å²) in [6, 6.07) is 6.64. The van der Waals surface area contributed by atoms with Crippen LogP contribution in [0.4, 0.5) is 4.39 Å². The molecule has 0 fully saturated rings. The minimum absolute atomic E-state index is 0.114. The maximum atomic E-state index is 14.0. The first kappa shape index (κ1) is 15.8. The van der Waals surface area contributed by atoms with Gasteiger partial charge in [-0.15, -0.1) is 0 Å². The summed E-state index contributed by atoms with van der Waals surface area (Å²) in [5.74, 6) is 5.25. The molecule has 4 nitrogen and oxygen atoms in total. The summed E-state index contributed by atoms with van der Waals surface area (Å²) < 4.78 is 14.0. The van der Waals surface area contributed by atoms with Gasteiger partial charge < -0.3 is 0 Å². The van der Waals surface area contributed by atoms with Crippen LogP contribution < -0.4 is 11.3 Å². The molecule has 2 rings (SSSR count). The number of nitrogens with zero attached hydrogens (tertiary/aromatic N) is 2. The molecule has 0 spiro atoms. The van der Waals surface area contributed by atoms with Crippen molar-refractivity contribution in [3.05, 3.63) is 57.6 Å². The number of hydrogen-bond acceptors (Lipinski definition) is 4. The number of nitrogens with two attached hydrogens (primary N) is 1. The Morgan fingerprint density at radius 2 is 2.14 bits per heavy atom. The highest BCUT2D eigenvalue weighted by Gasteiger charge is 2.18. The quantitative estimate of drug-likeness (QED) is 0.658. The number of benzene rings is 1. The lowest BCUT2D eigenvalue weighted by molar-refractivity contribution is 0.522. The number of halogens is 2. The van der Waals surface area contributed by atoms with Crippen LogP contribution in [0.15, 0.2) is 24.3 Å². The molecule has 0 aliphatic rings. The molecule has 0 radical (unpaired) electrons. The summed E-state index contributed by atoms with van der Waals surface area (Å²) in [4.78, 5) is 0. The molecule has 0 saturated heterocycles. The number of aromatic nitrogens is 2. The molecule has 1 aromatic carbocycles. The van der Waals surface area contributed by atoms with E-state index in [1.54, 1.807) is 12.1 Å². The molecule has 2 aromatic rings. The fourth-order valence-electron chi connectivity index (χ4n) is 2.30. The average Bonchev–Trinajstić information content (AvgIpc) is 2.49. The van der Waals surface area contributed by atoms with Gasteiger partial charge in [-0.05, 0) is 43.0 Å². The van der Waals surface area contributed by atoms with Crippen molar-refractivity contribution in [3.63, 3.8) is 0 Å². The molecule has 1 atom stereocenters. The van der Waals surface area contributed by atoms with Crippen LogP contribution in [0.5, 0.6) is 0 Å². The van der Waals surface area contributed by atoms with Crippen molar-refractivity contribution in [2.24, 2.45) is 5.84 Å². The lowest BCUT2D eigenvalue weighted by Crippen LogP contribution is -2.31. The van der Waals surface area contributed by atoms with Crippen LogP contribution in [0, 0.1) is 12.7 Å². The van der Waals surface area contributed by atoms with Crippen molar-refractivity contribution >= 4 is 11.6 Å². The smallest absolute Gasteiger partial charge is 0.145 e. The summed E-state index contributed by atoms with van der Waals surface area (Å²) in [6.07, 6.45) is 1.12. The molecule has 0 aliphatic heterocycles. The molecule has 1 aromatic heterocycles. The van der Waals surface area contributed by atoms with Crippen LogP contribution in [0.1, 0.15) is 35.5 Å². The zero-order valence-electron chi connectivity index (χ0n) is 12.0. The minimum Gasteiger partial charge on any atom is -0.271 e. The Kier molecular flexibility index (Phi) is 5.22. The van der Waals surface area contributed by atoms with Crippen LogP contribution >= 0.6 is 11.6 Å². The van der Waals surface area contributed by atoms with Gasteiger partial charge in [0.2, 0.25) is 0 Å².